The number of carbonyl (C=O) groups excluding carboxylic acids is 2. The van der Waals surface area contributed by atoms with Gasteiger partial charge in [0.25, 0.3) is 0 Å². The van der Waals surface area contributed by atoms with Gasteiger partial charge in [0, 0.05) is 50.7 Å². The van der Waals surface area contributed by atoms with Crippen LogP contribution < -0.4 is 10.6 Å². The average molecular weight is 483 g/mol. The predicted molar refractivity (Wildman–Crippen MR) is 135 cm³/mol. The van der Waals surface area contributed by atoms with E-state index in [9.17, 15) is 24.9 Å². The highest BCUT2D eigenvalue weighted by Gasteiger charge is 2.38. The molecule has 0 bridgehead atoms. The van der Waals surface area contributed by atoms with Crippen molar-refractivity contribution >= 4 is 22.9 Å². The number of aromatic hydroxyl groups is 2. The fourth-order valence-corrected chi connectivity index (χ4v) is 4.93. The zero-order chi connectivity index (χ0) is 25.1. The van der Waals surface area contributed by atoms with E-state index in [-0.39, 0.29) is 46.3 Å². The third-order valence-electron chi connectivity index (χ3n) is 6.75. The second-order valence-corrected chi connectivity index (χ2v) is 9.57. The second kappa shape index (κ2) is 10.6. The molecule has 0 radical (unpaired) electrons. The van der Waals surface area contributed by atoms with Crippen molar-refractivity contribution in [2.24, 2.45) is 5.92 Å². The number of piperidine rings is 1. The molecule has 1 heterocycles. The van der Waals surface area contributed by atoms with E-state index in [1.807, 2.05) is 19.0 Å². The van der Waals surface area contributed by atoms with E-state index in [1.165, 1.54) is 12.1 Å². The van der Waals surface area contributed by atoms with Crippen LogP contribution in [0.25, 0.3) is 0 Å². The highest BCUT2D eigenvalue weighted by Crippen LogP contribution is 2.42. The third-order valence-corrected chi connectivity index (χ3v) is 6.75. The lowest BCUT2D eigenvalue weighted by molar-refractivity contribution is 0.0975. The molecular formula is C26H34N4O5. The zero-order valence-corrected chi connectivity index (χ0v) is 20.3. The second-order valence-electron chi connectivity index (χ2n) is 9.57. The summed E-state index contributed by atoms with van der Waals surface area (Å²) in [5, 5.41) is 36.8. The fraction of sp³-hybridized carbons (Fsp3) is 0.462. The normalized spacial score (nSPS) is 17.9. The van der Waals surface area contributed by atoms with Crippen LogP contribution in [0.3, 0.4) is 0 Å². The van der Waals surface area contributed by atoms with Gasteiger partial charge in [-0.1, -0.05) is 0 Å². The highest BCUT2D eigenvalue weighted by atomic mass is 16.3. The lowest BCUT2D eigenvalue weighted by Gasteiger charge is -2.32. The number of rotatable bonds is 9. The molecule has 2 aromatic rings. The minimum absolute atomic E-state index is 0.168. The highest BCUT2D eigenvalue weighted by molar-refractivity contribution is 6.33. The maximum atomic E-state index is 13.6. The maximum absolute atomic E-state index is 13.6. The Morgan fingerprint density at radius 3 is 2.03 bits per heavy atom. The summed E-state index contributed by atoms with van der Waals surface area (Å²) in [7, 11) is 3.89. The number of carbonyl (C=O) groups is 2. The molecule has 1 saturated heterocycles. The predicted octanol–water partition coefficient (Wildman–Crippen LogP) is 1.96. The van der Waals surface area contributed by atoms with Crippen molar-refractivity contribution in [1.82, 2.24) is 9.80 Å². The van der Waals surface area contributed by atoms with E-state index in [4.69, 9.17) is 0 Å². The van der Waals surface area contributed by atoms with Crippen LogP contribution in [0.1, 0.15) is 44.7 Å². The molecule has 0 saturated carbocycles. The van der Waals surface area contributed by atoms with E-state index < -0.39 is 11.6 Å². The quantitative estimate of drug-likeness (QED) is 0.291. The molecule has 0 amide bonds. The SMILES string of the molecule is CN(C)CCNc1ccc(NCCN2CCCC(CO)C2)c2c1C(=O)c1c(O)ccc(O)c1C2=O. The summed E-state index contributed by atoms with van der Waals surface area (Å²) >= 11 is 0. The number of hydrogen-bond donors (Lipinski definition) is 5. The number of ketones is 2. The van der Waals surface area contributed by atoms with Crippen LogP contribution in [0.5, 0.6) is 11.5 Å². The van der Waals surface area contributed by atoms with Gasteiger partial charge in [0.2, 0.25) is 11.6 Å². The summed E-state index contributed by atoms with van der Waals surface area (Å²) in [5.74, 6) is -1.37. The van der Waals surface area contributed by atoms with Crippen LogP contribution in [0.15, 0.2) is 24.3 Å². The van der Waals surface area contributed by atoms with Crippen LogP contribution in [-0.4, -0.2) is 96.7 Å². The smallest absolute Gasteiger partial charge is 0.200 e. The number of benzene rings is 2. The lowest BCUT2D eigenvalue weighted by atomic mass is 9.81. The molecular weight excluding hydrogens is 448 g/mol. The summed E-state index contributed by atoms with van der Waals surface area (Å²) in [6, 6.07) is 6.00. The van der Waals surface area contributed by atoms with Crippen LogP contribution >= 0.6 is 0 Å². The third kappa shape index (κ3) is 5.12. The van der Waals surface area contributed by atoms with Gasteiger partial charge in [-0.2, -0.15) is 0 Å². The van der Waals surface area contributed by atoms with Gasteiger partial charge < -0.3 is 35.8 Å². The van der Waals surface area contributed by atoms with Crippen molar-refractivity contribution in [2.45, 2.75) is 12.8 Å². The Morgan fingerprint density at radius 2 is 1.49 bits per heavy atom. The Kier molecular flexibility index (Phi) is 7.59. The summed E-state index contributed by atoms with van der Waals surface area (Å²) in [4.78, 5) is 31.4. The van der Waals surface area contributed by atoms with Gasteiger partial charge in [-0.15, -0.1) is 0 Å². The molecule has 188 valence electrons. The van der Waals surface area contributed by atoms with Gasteiger partial charge in [-0.3, -0.25) is 9.59 Å². The van der Waals surface area contributed by atoms with E-state index in [1.54, 1.807) is 12.1 Å². The number of nitrogens with one attached hydrogen (secondary N) is 2. The number of aliphatic hydroxyl groups is 1. The Morgan fingerprint density at radius 1 is 0.914 bits per heavy atom. The van der Waals surface area contributed by atoms with Gasteiger partial charge in [0.1, 0.15) is 11.5 Å². The van der Waals surface area contributed by atoms with Crippen LogP contribution in [0.4, 0.5) is 11.4 Å². The van der Waals surface area contributed by atoms with Gasteiger partial charge in [-0.05, 0) is 63.7 Å². The standard InChI is InChI=1S/C26H34N4O5/c1-29(2)12-9-27-17-5-6-18(28-10-13-30-11-3-4-16(14-30)15-31)22-21(17)25(34)23-19(32)7-8-20(33)24(23)26(22)35/h5-8,16,27-28,31-33H,3-4,9-15H2,1-2H3. The number of hydrogen-bond acceptors (Lipinski definition) is 9. The van der Waals surface area contributed by atoms with Crippen molar-refractivity contribution < 1.29 is 24.9 Å². The Bertz CT molecular complexity index is 1120. The molecule has 9 heteroatoms. The maximum Gasteiger partial charge on any atom is 0.200 e. The molecule has 5 N–H and O–H groups in total. The van der Waals surface area contributed by atoms with E-state index in [0.717, 1.165) is 39.0 Å². The monoisotopic (exact) mass is 482 g/mol. The van der Waals surface area contributed by atoms with Crippen molar-refractivity contribution in [3.63, 3.8) is 0 Å². The van der Waals surface area contributed by atoms with Gasteiger partial charge in [-0.25, -0.2) is 0 Å². The first-order valence-corrected chi connectivity index (χ1v) is 12.1. The summed E-state index contributed by atoms with van der Waals surface area (Å²) in [6.45, 7) is 4.56. The van der Waals surface area contributed by atoms with E-state index >= 15 is 0 Å². The minimum Gasteiger partial charge on any atom is -0.507 e. The molecule has 0 spiro atoms. The van der Waals surface area contributed by atoms with Gasteiger partial charge in [0.05, 0.1) is 22.3 Å². The summed E-state index contributed by atoms with van der Waals surface area (Å²) in [5.41, 5.74) is 1.09. The summed E-state index contributed by atoms with van der Waals surface area (Å²) in [6.07, 6.45) is 2.07. The molecule has 0 aromatic heterocycles. The molecule has 1 fully saturated rings. The van der Waals surface area contributed by atoms with E-state index in [2.05, 4.69) is 15.5 Å². The number of likely N-dealkylation sites (tertiary alicyclic amines) is 1. The average Bonchev–Trinajstić information content (AvgIpc) is 2.84. The fourth-order valence-electron chi connectivity index (χ4n) is 4.93. The Labute approximate surface area is 205 Å². The van der Waals surface area contributed by atoms with Crippen molar-refractivity contribution in [1.29, 1.82) is 0 Å². The molecule has 2 aliphatic rings. The number of aliphatic hydroxyl groups excluding tert-OH is 1. The van der Waals surface area contributed by atoms with Gasteiger partial charge >= 0.3 is 0 Å². The number of likely N-dealkylation sites (N-methyl/N-ethyl adjacent to an activating group) is 1. The Balaban J connectivity index is 1.64. The topological polar surface area (TPSA) is 125 Å². The molecule has 1 unspecified atom stereocenters. The van der Waals surface area contributed by atoms with Crippen molar-refractivity contribution in [3.05, 3.63) is 46.5 Å². The molecule has 1 aliphatic carbocycles. The number of nitrogens with zero attached hydrogens (tertiary/aromatic N) is 2. The largest absolute Gasteiger partial charge is 0.507 e. The first-order valence-electron chi connectivity index (χ1n) is 12.1. The Hall–Kier alpha value is -3.14. The van der Waals surface area contributed by atoms with E-state index in [0.29, 0.717) is 24.5 Å². The zero-order valence-electron chi connectivity index (χ0n) is 20.3. The van der Waals surface area contributed by atoms with Crippen LogP contribution in [0, 0.1) is 5.92 Å². The molecule has 9 nitrogen and oxygen atoms in total. The van der Waals surface area contributed by atoms with Crippen LogP contribution in [0.2, 0.25) is 0 Å². The number of phenolic OH excluding ortho intramolecular Hbond substituents is 2. The number of phenols is 2. The number of fused-ring (bicyclic) bond motifs is 2. The molecule has 1 atom stereocenters. The number of anilines is 2. The summed E-state index contributed by atoms with van der Waals surface area (Å²) < 4.78 is 0. The lowest BCUT2D eigenvalue weighted by Crippen LogP contribution is -2.39. The van der Waals surface area contributed by atoms with Crippen LogP contribution in [-0.2, 0) is 0 Å². The molecule has 4 rings (SSSR count). The first-order chi connectivity index (χ1) is 16.8. The minimum atomic E-state index is -0.500. The van der Waals surface area contributed by atoms with Crippen molar-refractivity contribution in [3.8, 4) is 11.5 Å². The first kappa shape index (κ1) is 25.0. The molecule has 35 heavy (non-hydrogen) atoms. The molecule has 2 aromatic carbocycles. The van der Waals surface area contributed by atoms with Gasteiger partial charge in [0.15, 0.2) is 0 Å². The van der Waals surface area contributed by atoms with Crippen molar-refractivity contribution in [2.75, 3.05) is 70.6 Å². The molecule has 1 aliphatic heterocycles.